The molecule has 0 amide bonds. The van der Waals surface area contributed by atoms with E-state index in [0.717, 1.165) is 0 Å². The molecule has 1 aliphatic rings. The Morgan fingerprint density at radius 1 is 1.04 bits per heavy atom. The number of ketones is 1. The quantitative estimate of drug-likeness (QED) is 0.657. The van der Waals surface area contributed by atoms with E-state index in [-0.39, 0.29) is 34.6 Å². The lowest BCUT2D eigenvalue weighted by molar-refractivity contribution is 0.101. The highest BCUT2D eigenvalue weighted by Gasteiger charge is 2.28. The van der Waals surface area contributed by atoms with Crippen molar-refractivity contribution in [1.82, 2.24) is 0 Å². The average molecular weight is 329 g/mol. The maximum atomic E-state index is 12.3. The fraction of sp³-hybridized carbons (Fsp3) is 0. The van der Waals surface area contributed by atoms with Gasteiger partial charge in [0.05, 0.1) is 10.6 Å². The van der Waals surface area contributed by atoms with E-state index in [4.69, 9.17) is 20.8 Å². The Morgan fingerprint density at radius 2 is 1.78 bits per heavy atom. The van der Waals surface area contributed by atoms with Gasteiger partial charge in [0.25, 0.3) is 0 Å². The summed E-state index contributed by atoms with van der Waals surface area (Å²) < 4.78 is 11.0. The maximum absolute atomic E-state index is 12.3. The zero-order valence-electron chi connectivity index (χ0n) is 11.5. The molecule has 2 heterocycles. The monoisotopic (exact) mass is 328 g/mol. The molecule has 0 unspecified atom stereocenters. The lowest BCUT2D eigenvalue weighted by Gasteiger charge is -1.97. The second-order valence-electron chi connectivity index (χ2n) is 5.08. The van der Waals surface area contributed by atoms with Gasteiger partial charge in [0, 0.05) is 23.6 Å². The Kier molecular flexibility index (Phi) is 2.86. The number of allylic oxidation sites excluding steroid dienone is 1. The number of carbonyl (C=O) groups is 1. The number of benzene rings is 2. The third kappa shape index (κ3) is 2.13. The SMILES string of the molecule is O=C1/C(=C/c2oc3cc(O)ccc3c2Cl)Oc2cc(O)ccc21. The zero-order chi connectivity index (χ0) is 16.1. The molecule has 0 bridgehead atoms. The molecule has 2 aromatic carbocycles. The van der Waals surface area contributed by atoms with Crippen LogP contribution in [0.2, 0.25) is 5.02 Å². The van der Waals surface area contributed by atoms with Crippen molar-refractivity contribution in [3.63, 3.8) is 0 Å². The summed E-state index contributed by atoms with van der Waals surface area (Å²) in [6.45, 7) is 0. The van der Waals surface area contributed by atoms with Crippen molar-refractivity contribution in [1.29, 1.82) is 0 Å². The second kappa shape index (κ2) is 4.79. The summed E-state index contributed by atoms with van der Waals surface area (Å²) in [5.74, 6) is 0.335. The van der Waals surface area contributed by atoms with Gasteiger partial charge in [0.1, 0.15) is 22.8 Å². The summed E-state index contributed by atoms with van der Waals surface area (Å²) in [6, 6.07) is 8.84. The maximum Gasteiger partial charge on any atom is 0.232 e. The summed E-state index contributed by atoms with van der Waals surface area (Å²) >= 11 is 6.25. The van der Waals surface area contributed by atoms with E-state index in [9.17, 15) is 15.0 Å². The Hall–Kier alpha value is -2.92. The van der Waals surface area contributed by atoms with Crippen molar-refractivity contribution in [3.05, 3.63) is 58.5 Å². The van der Waals surface area contributed by atoms with E-state index in [1.165, 1.54) is 36.4 Å². The predicted octanol–water partition coefficient (Wildman–Crippen LogP) is 4.11. The van der Waals surface area contributed by atoms with Crippen molar-refractivity contribution in [2.45, 2.75) is 0 Å². The second-order valence-corrected chi connectivity index (χ2v) is 5.46. The van der Waals surface area contributed by atoms with E-state index in [0.29, 0.717) is 21.6 Å². The van der Waals surface area contributed by atoms with Crippen LogP contribution in [0.1, 0.15) is 16.1 Å². The highest BCUT2D eigenvalue weighted by molar-refractivity contribution is 6.37. The first-order valence-corrected chi connectivity index (χ1v) is 7.09. The predicted molar refractivity (Wildman–Crippen MR) is 83.9 cm³/mol. The number of Topliss-reactive ketones (excluding diaryl/α,β-unsaturated/α-hetero) is 1. The molecular weight excluding hydrogens is 320 g/mol. The number of furan rings is 1. The van der Waals surface area contributed by atoms with Crippen LogP contribution in [0.3, 0.4) is 0 Å². The fourth-order valence-corrected chi connectivity index (χ4v) is 2.71. The average Bonchev–Trinajstić information content (AvgIpc) is 2.97. The van der Waals surface area contributed by atoms with Crippen LogP contribution in [-0.4, -0.2) is 16.0 Å². The van der Waals surface area contributed by atoms with Gasteiger partial charge in [-0.25, -0.2) is 0 Å². The summed E-state index contributed by atoms with van der Waals surface area (Å²) in [4.78, 5) is 12.3. The first kappa shape index (κ1) is 13.7. The molecule has 3 aromatic rings. The fourth-order valence-electron chi connectivity index (χ4n) is 2.46. The Morgan fingerprint density at radius 3 is 2.61 bits per heavy atom. The van der Waals surface area contributed by atoms with Gasteiger partial charge in [0.2, 0.25) is 5.78 Å². The number of phenolic OH excluding ortho intramolecular Hbond substituents is 2. The molecule has 23 heavy (non-hydrogen) atoms. The standard InChI is InChI=1S/C17H9ClO5/c18-16-10-3-1-8(19)5-12(10)22-14(16)7-15-17(21)11-4-2-9(20)6-13(11)23-15/h1-7,19-20H/b15-7-. The van der Waals surface area contributed by atoms with Gasteiger partial charge in [-0.2, -0.15) is 0 Å². The number of ether oxygens (including phenoxy) is 1. The molecule has 0 fully saturated rings. The van der Waals surface area contributed by atoms with E-state index in [1.54, 1.807) is 6.07 Å². The molecule has 0 saturated heterocycles. The van der Waals surface area contributed by atoms with E-state index < -0.39 is 0 Å². The summed E-state index contributed by atoms with van der Waals surface area (Å²) in [6.07, 6.45) is 1.40. The lowest BCUT2D eigenvalue weighted by Crippen LogP contribution is -1.97. The zero-order valence-corrected chi connectivity index (χ0v) is 12.3. The highest BCUT2D eigenvalue weighted by atomic mass is 35.5. The Labute approximate surface area is 135 Å². The van der Waals surface area contributed by atoms with Crippen LogP contribution < -0.4 is 4.74 Å². The largest absolute Gasteiger partial charge is 0.508 e. The van der Waals surface area contributed by atoms with Crippen molar-refractivity contribution >= 4 is 34.4 Å². The third-order valence-electron chi connectivity index (χ3n) is 3.55. The van der Waals surface area contributed by atoms with Gasteiger partial charge >= 0.3 is 0 Å². The molecule has 2 N–H and O–H groups in total. The van der Waals surface area contributed by atoms with E-state index in [2.05, 4.69) is 0 Å². The van der Waals surface area contributed by atoms with Gasteiger partial charge in [-0.05, 0) is 24.3 Å². The van der Waals surface area contributed by atoms with Gasteiger partial charge in [-0.1, -0.05) is 11.6 Å². The molecule has 6 heteroatoms. The molecule has 0 spiro atoms. The van der Waals surface area contributed by atoms with Crippen molar-refractivity contribution < 1.29 is 24.2 Å². The van der Waals surface area contributed by atoms with Gasteiger partial charge in [0.15, 0.2) is 11.5 Å². The number of halogens is 1. The van der Waals surface area contributed by atoms with Gasteiger partial charge < -0.3 is 19.4 Å². The van der Waals surface area contributed by atoms with E-state index in [1.807, 2.05) is 0 Å². The van der Waals surface area contributed by atoms with E-state index >= 15 is 0 Å². The van der Waals surface area contributed by atoms with Gasteiger partial charge in [-0.3, -0.25) is 4.79 Å². The number of hydrogen-bond acceptors (Lipinski definition) is 5. The minimum absolute atomic E-state index is 0.00930. The molecule has 0 radical (unpaired) electrons. The molecular formula is C17H9ClO5. The Balaban J connectivity index is 1.80. The minimum atomic E-state index is -0.320. The molecule has 0 aliphatic carbocycles. The number of aromatic hydroxyl groups is 2. The first-order chi connectivity index (χ1) is 11.0. The van der Waals surface area contributed by atoms with Crippen molar-refractivity contribution in [3.8, 4) is 17.2 Å². The van der Waals surface area contributed by atoms with Crippen molar-refractivity contribution in [2.24, 2.45) is 0 Å². The molecule has 5 nitrogen and oxygen atoms in total. The van der Waals surface area contributed by atoms with Crippen LogP contribution in [0.15, 0.2) is 46.6 Å². The van der Waals surface area contributed by atoms with Crippen LogP contribution in [0.4, 0.5) is 0 Å². The molecule has 4 rings (SSSR count). The molecule has 1 aromatic heterocycles. The van der Waals surface area contributed by atoms with Crippen LogP contribution >= 0.6 is 11.6 Å². The van der Waals surface area contributed by atoms with Gasteiger partial charge in [-0.15, -0.1) is 0 Å². The molecule has 1 aliphatic heterocycles. The molecule has 0 saturated carbocycles. The number of fused-ring (bicyclic) bond motifs is 2. The molecule has 0 atom stereocenters. The minimum Gasteiger partial charge on any atom is -0.508 e. The number of rotatable bonds is 1. The lowest BCUT2D eigenvalue weighted by atomic mass is 10.1. The number of hydrogen-bond donors (Lipinski definition) is 2. The summed E-state index contributed by atoms with van der Waals surface area (Å²) in [5.41, 5.74) is 0.765. The van der Waals surface area contributed by atoms with Crippen LogP contribution in [0.25, 0.3) is 17.0 Å². The van der Waals surface area contributed by atoms with Crippen LogP contribution in [0.5, 0.6) is 17.2 Å². The van der Waals surface area contributed by atoms with Crippen LogP contribution in [-0.2, 0) is 0 Å². The third-order valence-corrected chi connectivity index (χ3v) is 3.94. The summed E-state index contributed by atoms with van der Waals surface area (Å²) in [7, 11) is 0. The highest BCUT2D eigenvalue weighted by Crippen LogP contribution is 2.37. The first-order valence-electron chi connectivity index (χ1n) is 6.71. The molecule has 114 valence electrons. The van der Waals surface area contributed by atoms with Crippen LogP contribution in [0, 0.1) is 0 Å². The van der Waals surface area contributed by atoms with Crippen molar-refractivity contribution in [2.75, 3.05) is 0 Å². The summed E-state index contributed by atoms with van der Waals surface area (Å²) in [5, 5.41) is 19.9. The Bertz CT molecular complexity index is 1000. The normalized spacial score (nSPS) is 15.2. The smallest absolute Gasteiger partial charge is 0.232 e. The topological polar surface area (TPSA) is 79.9 Å². The number of carbonyl (C=O) groups excluding carboxylic acids is 1. The number of phenols is 2.